The first-order valence-electron chi connectivity index (χ1n) is 2.62. The van der Waals surface area contributed by atoms with Crippen LogP contribution in [0.4, 0.5) is 0 Å². The first-order chi connectivity index (χ1) is 4.33. The zero-order valence-corrected chi connectivity index (χ0v) is 4.76. The Morgan fingerprint density at radius 3 is 2.67 bits per heavy atom. The SMILES string of the molecule is O=[C]C1=CCC(=O)C=C1. The second-order valence-corrected chi connectivity index (χ2v) is 1.77. The Bertz CT molecular complexity index is 199. The van der Waals surface area contributed by atoms with Crippen molar-refractivity contribution in [2.45, 2.75) is 6.42 Å². The van der Waals surface area contributed by atoms with Gasteiger partial charge in [-0.25, -0.2) is 0 Å². The summed E-state index contributed by atoms with van der Waals surface area (Å²) in [6, 6.07) is 0. The fourth-order valence-corrected chi connectivity index (χ4v) is 0.605. The molecule has 1 aliphatic rings. The quantitative estimate of drug-likeness (QED) is 0.507. The number of rotatable bonds is 1. The summed E-state index contributed by atoms with van der Waals surface area (Å²) in [6.07, 6.45) is 6.46. The molecule has 0 saturated heterocycles. The molecule has 0 aromatic rings. The fourth-order valence-electron chi connectivity index (χ4n) is 0.605. The van der Waals surface area contributed by atoms with Crippen molar-refractivity contribution in [1.29, 1.82) is 0 Å². The summed E-state index contributed by atoms with van der Waals surface area (Å²) in [5, 5.41) is 0. The average molecular weight is 121 g/mol. The Morgan fingerprint density at radius 1 is 1.44 bits per heavy atom. The van der Waals surface area contributed by atoms with Crippen LogP contribution in [0.15, 0.2) is 23.8 Å². The van der Waals surface area contributed by atoms with Crippen molar-refractivity contribution < 1.29 is 9.59 Å². The van der Waals surface area contributed by atoms with Crippen LogP contribution in [0, 0.1) is 0 Å². The van der Waals surface area contributed by atoms with Gasteiger partial charge in [0.25, 0.3) is 0 Å². The summed E-state index contributed by atoms with van der Waals surface area (Å²) in [5.74, 6) is 0.0361. The van der Waals surface area contributed by atoms with Crippen molar-refractivity contribution in [1.82, 2.24) is 0 Å². The molecule has 2 heteroatoms. The average Bonchev–Trinajstić information content (AvgIpc) is 1.90. The summed E-state index contributed by atoms with van der Waals surface area (Å²) in [4.78, 5) is 20.4. The van der Waals surface area contributed by atoms with Gasteiger partial charge >= 0.3 is 0 Å². The van der Waals surface area contributed by atoms with Gasteiger partial charge in [0.15, 0.2) is 5.78 Å². The molecule has 0 atom stereocenters. The highest BCUT2D eigenvalue weighted by atomic mass is 16.1. The highest BCUT2D eigenvalue weighted by molar-refractivity contribution is 5.96. The van der Waals surface area contributed by atoms with Gasteiger partial charge in [-0.15, -0.1) is 0 Å². The van der Waals surface area contributed by atoms with Gasteiger partial charge < -0.3 is 0 Å². The van der Waals surface area contributed by atoms with Gasteiger partial charge in [0.2, 0.25) is 6.29 Å². The molecular formula is C7H5O2. The minimum Gasteiger partial charge on any atom is -0.295 e. The molecule has 0 aromatic carbocycles. The monoisotopic (exact) mass is 121 g/mol. The molecule has 9 heavy (non-hydrogen) atoms. The molecule has 0 spiro atoms. The summed E-state index contributed by atoms with van der Waals surface area (Å²) >= 11 is 0. The smallest absolute Gasteiger partial charge is 0.233 e. The second-order valence-electron chi connectivity index (χ2n) is 1.77. The molecule has 0 saturated carbocycles. The van der Waals surface area contributed by atoms with Crippen LogP contribution in [0.1, 0.15) is 6.42 Å². The predicted octanol–water partition coefficient (Wildman–Crippen LogP) is 0.551. The van der Waals surface area contributed by atoms with E-state index in [2.05, 4.69) is 0 Å². The maximum atomic E-state index is 10.5. The highest BCUT2D eigenvalue weighted by Crippen LogP contribution is 2.03. The molecule has 2 nitrogen and oxygen atoms in total. The van der Waals surface area contributed by atoms with E-state index in [1.165, 1.54) is 12.2 Å². The van der Waals surface area contributed by atoms with Crippen molar-refractivity contribution >= 4 is 12.1 Å². The molecule has 0 N–H and O–H groups in total. The zero-order chi connectivity index (χ0) is 6.69. The van der Waals surface area contributed by atoms with E-state index in [-0.39, 0.29) is 5.78 Å². The largest absolute Gasteiger partial charge is 0.295 e. The number of carbonyl (C=O) groups is 1. The summed E-state index contributed by atoms with van der Waals surface area (Å²) in [6.45, 7) is 0. The normalized spacial score (nSPS) is 17.3. The molecule has 0 aromatic heterocycles. The summed E-state index contributed by atoms with van der Waals surface area (Å²) in [7, 11) is 0. The van der Waals surface area contributed by atoms with E-state index >= 15 is 0 Å². The van der Waals surface area contributed by atoms with Crippen molar-refractivity contribution in [2.75, 3.05) is 0 Å². The molecule has 1 radical (unpaired) electrons. The Kier molecular flexibility index (Phi) is 1.58. The van der Waals surface area contributed by atoms with Crippen LogP contribution in [0.5, 0.6) is 0 Å². The van der Waals surface area contributed by atoms with Crippen LogP contribution in [0.25, 0.3) is 0 Å². The van der Waals surface area contributed by atoms with Crippen LogP contribution in [0.2, 0.25) is 0 Å². The van der Waals surface area contributed by atoms with E-state index in [9.17, 15) is 9.59 Å². The van der Waals surface area contributed by atoms with E-state index in [0.29, 0.717) is 12.0 Å². The Morgan fingerprint density at radius 2 is 2.22 bits per heavy atom. The Hall–Kier alpha value is -1.18. The zero-order valence-electron chi connectivity index (χ0n) is 4.76. The number of hydrogen-bond acceptors (Lipinski definition) is 2. The molecule has 0 bridgehead atoms. The first kappa shape index (κ1) is 5.95. The van der Waals surface area contributed by atoms with E-state index in [1.54, 1.807) is 12.4 Å². The van der Waals surface area contributed by atoms with Gasteiger partial charge in [0.05, 0.1) is 0 Å². The Balaban J connectivity index is 2.73. The highest BCUT2D eigenvalue weighted by Gasteiger charge is 2.01. The van der Waals surface area contributed by atoms with Gasteiger partial charge in [-0.05, 0) is 12.2 Å². The minimum atomic E-state index is 0.0361. The van der Waals surface area contributed by atoms with Crippen LogP contribution >= 0.6 is 0 Å². The van der Waals surface area contributed by atoms with E-state index in [0.717, 1.165) is 0 Å². The molecule has 0 aliphatic heterocycles. The lowest BCUT2D eigenvalue weighted by atomic mass is 10.1. The van der Waals surface area contributed by atoms with Crippen LogP contribution < -0.4 is 0 Å². The standard InChI is InChI=1S/C7H5O2/c8-5-6-1-3-7(9)4-2-6/h1-3H,4H2. The fraction of sp³-hybridized carbons (Fsp3) is 0.143. The third-order valence-electron chi connectivity index (χ3n) is 1.09. The van der Waals surface area contributed by atoms with Crippen molar-refractivity contribution in [3.63, 3.8) is 0 Å². The second kappa shape index (κ2) is 2.40. The number of hydrogen-bond donors (Lipinski definition) is 0. The van der Waals surface area contributed by atoms with Gasteiger partial charge in [-0.3, -0.25) is 9.59 Å². The van der Waals surface area contributed by atoms with E-state index in [4.69, 9.17) is 0 Å². The molecule has 1 aliphatic carbocycles. The van der Waals surface area contributed by atoms with Gasteiger partial charge in [0.1, 0.15) is 0 Å². The third kappa shape index (κ3) is 1.35. The molecular weight excluding hydrogens is 116 g/mol. The Labute approximate surface area is 52.9 Å². The first-order valence-corrected chi connectivity index (χ1v) is 2.62. The molecule has 0 heterocycles. The number of allylic oxidation sites excluding steroid dienone is 4. The summed E-state index contributed by atoms with van der Waals surface area (Å²) < 4.78 is 0. The summed E-state index contributed by atoms with van der Waals surface area (Å²) in [5.41, 5.74) is 0.467. The van der Waals surface area contributed by atoms with Crippen molar-refractivity contribution in [3.05, 3.63) is 23.8 Å². The lowest BCUT2D eigenvalue weighted by Gasteiger charge is -1.94. The number of ketones is 1. The van der Waals surface area contributed by atoms with Gasteiger partial charge in [-0.2, -0.15) is 0 Å². The van der Waals surface area contributed by atoms with Gasteiger partial charge in [-0.1, -0.05) is 6.08 Å². The van der Waals surface area contributed by atoms with Crippen LogP contribution in [-0.2, 0) is 9.59 Å². The number of carbonyl (C=O) groups excluding carboxylic acids is 2. The van der Waals surface area contributed by atoms with Gasteiger partial charge in [0, 0.05) is 12.0 Å². The third-order valence-corrected chi connectivity index (χ3v) is 1.09. The van der Waals surface area contributed by atoms with Crippen molar-refractivity contribution in [2.24, 2.45) is 0 Å². The topological polar surface area (TPSA) is 34.1 Å². The molecule has 45 valence electrons. The molecule has 0 unspecified atom stereocenters. The van der Waals surface area contributed by atoms with Crippen LogP contribution in [0.3, 0.4) is 0 Å². The minimum absolute atomic E-state index is 0.0361. The maximum Gasteiger partial charge on any atom is 0.233 e. The molecule has 0 amide bonds. The van der Waals surface area contributed by atoms with Crippen LogP contribution in [-0.4, -0.2) is 12.1 Å². The predicted molar refractivity (Wildman–Crippen MR) is 32.5 cm³/mol. The van der Waals surface area contributed by atoms with E-state index < -0.39 is 0 Å². The maximum absolute atomic E-state index is 10.5. The van der Waals surface area contributed by atoms with E-state index in [1.807, 2.05) is 0 Å². The van der Waals surface area contributed by atoms with Crippen molar-refractivity contribution in [3.8, 4) is 0 Å². The lowest BCUT2D eigenvalue weighted by Crippen LogP contribution is -1.96. The molecule has 0 fully saturated rings. The molecule has 1 rings (SSSR count). The lowest BCUT2D eigenvalue weighted by molar-refractivity contribution is -0.113.